The molecule has 1 aromatic rings. The van der Waals surface area contributed by atoms with Crippen LogP contribution < -0.4 is 5.32 Å². The standard InChI is InChI=1S/C12H15Cl2N/c1-7-9(13)6-10(14)8(2)12(7)11-4-3-5-15-11/h6,11,15H,3-5H2,1-2H3. The molecule has 1 unspecified atom stereocenters. The van der Waals surface area contributed by atoms with Crippen molar-refractivity contribution < 1.29 is 0 Å². The third-order valence-electron chi connectivity index (χ3n) is 3.19. The van der Waals surface area contributed by atoms with Crippen molar-refractivity contribution in [2.45, 2.75) is 32.7 Å². The lowest BCUT2D eigenvalue weighted by Gasteiger charge is -2.19. The molecule has 0 bridgehead atoms. The van der Waals surface area contributed by atoms with E-state index in [1.807, 2.05) is 6.07 Å². The Morgan fingerprint density at radius 1 is 1.20 bits per heavy atom. The molecule has 1 aliphatic rings. The molecule has 0 amide bonds. The van der Waals surface area contributed by atoms with Crippen LogP contribution in [0.1, 0.15) is 35.6 Å². The summed E-state index contributed by atoms with van der Waals surface area (Å²) in [5.41, 5.74) is 3.63. The van der Waals surface area contributed by atoms with Crippen molar-refractivity contribution in [3.8, 4) is 0 Å². The smallest absolute Gasteiger partial charge is 0.0453 e. The fourth-order valence-corrected chi connectivity index (χ4v) is 2.80. The van der Waals surface area contributed by atoms with Crippen LogP contribution in [-0.4, -0.2) is 6.54 Å². The maximum Gasteiger partial charge on any atom is 0.0453 e. The predicted molar refractivity (Wildman–Crippen MR) is 65.9 cm³/mol. The third kappa shape index (κ3) is 2.01. The van der Waals surface area contributed by atoms with Crippen molar-refractivity contribution >= 4 is 23.2 Å². The van der Waals surface area contributed by atoms with Crippen LogP contribution in [0.15, 0.2) is 6.07 Å². The Kier molecular flexibility index (Phi) is 3.24. The topological polar surface area (TPSA) is 12.0 Å². The molecule has 1 fully saturated rings. The van der Waals surface area contributed by atoms with Crippen molar-refractivity contribution in [2.75, 3.05) is 6.54 Å². The number of hydrogen-bond donors (Lipinski definition) is 1. The molecule has 0 saturated carbocycles. The van der Waals surface area contributed by atoms with Gasteiger partial charge in [0.25, 0.3) is 0 Å². The van der Waals surface area contributed by atoms with Gasteiger partial charge in [0.1, 0.15) is 0 Å². The van der Waals surface area contributed by atoms with Crippen molar-refractivity contribution in [2.24, 2.45) is 0 Å². The molecule has 2 rings (SSSR count). The Hall–Kier alpha value is -0.240. The first kappa shape index (κ1) is 11.3. The summed E-state index contributed by atoms with van der Waals surface area (Å²) in [6.45, 7) is 5.23. The van der Waals surface area contributed by atoms with Gasteiger partial charge in [0.2, 0.25) is 0 Å². The molecule has 1 aliphatic heterocycles. The largest absolute Gasteiger partial charge is 0.310 e. The first-order chi connectivity index (χ1) is 7.11. The molecule has 82 valence electrons. The molecule has 0 aromatic heterocycles. The van der Waals surface area contributed by atoms with Crippen molar-refractivity contribution in [1.82, 2.24) is 5.32 Å². The van der Waals surface area contributed by atoms with Crippen molar-refractivity contribution in [3.05, 3.63) is 32.8 Å². The quantitative estimate of drug-likeness (QED) is 0.786. The highest BCUT2D eigenvalue weighted by atomic mass is 35.5. The zero-order chi connectivity index (χ0) is 11.0. The first-order valence-electron chi connectivity index (χ1n) is 5.29. The van der Waals surface area contributed by atoms with Gasteiger partial charge in [-0.25, -0.2) is 0 Å². The summed E-state index contributed by atoms with van der Waals surface area (Å²) in [7, 11) is 0. The molecule has 0 aliphatic carbocycles. The summed E-state index contributed by atoms with van der Waals surface area (Å²) in [4.78, 5) is 0. The number of rotatable bonds is 1. The summed E-state index contributed by atoms with van der Waals surface area (Å²) >= 11 is 12.3. The summed E-state index contributed by atoms with van der Waals surface area (Å²) in [6.07, 6.45) is 2.41. The molecule has 15 heavy (non-hydrogen) atoms. The van der Waals surface area contributed by atoms with E-state index < -0.39 is 0 Å². The molecular formula is C12H15Cl2N. The van der Waals surface area contributed by atoms with E-state index in [1.54, 1.807) is 0 Å². The van der Waals surface area contributed by atoms with Gasteiger partial charge >= 0.3 is 0 Å². The lowest BCUT2D eigenvalue weighted by molar-refractivity contribution is 0.640. The van der Waals surface area contributed by atoms with Gasteiger partial charge in [0, 0.05) is 16.1 Å². The van der Waals surface area contributed by atoms with E-state index in [2.05, 4.69) is 19.2 Å². The minimum absolute atomic E-state index is 0.432. The van der Waals surface area contributed by atoms with Crippen LogP contribution in [0.3, 0.4) is 0 Å². The molecule has 1 atom stereocenters. The fraction of sp³-hybridized carbons (Fsp3) is 0.500. The van der Waals surface area contributed by atoms with E-state index in [0.717, 1.165) is 27.7 Å². The highest BCUT2D eigenvalue weighted by Gasteiger charge is 2.22. The van der Waals surface area contributed by atoms with Crippen molar-refractivity contribution in [1.29, 1.82) is 0 Å². The van der Waals surface area contributed by atoms with Gasteiger partial charge in [0.05, 0.1) is 0 Å². The van der Waals surface area contributed by atoms with Crippen LogP contribution in [0.25, 0.3) is 0 Å². The Balaban J connectivity index is 2.52. The van der Waals surface area contributed by atoms with Crippen molar-refractivity contribution in [3.63, 3.8) is 0 Å². The lowest BCUT2D eigenvalue weighted by atomic mass is 9.95. The van der Waals surface area contributed by atoms with Crippen LogP contribution in [-0.2, 0) is 0 Å². The van der Waals surface area contributed by atoms with E-state index in [9.17, 15) is 0 Å². The second-order valence-corrected chi connectivity index (χ2v) is 4.97. The highest BCUT2D eigenvalue weighted by molar-refractivity contribution is 6.35. The summed E-state index contributed by atoms with van der Waals surface area (Å²) in [5, 5.41) is 5.04. The zero-order valence-electron chi connectivity index (χ0n) is 9.03. The van der Waals surface area contributed by atoms with Gasteiger partial charge in [-0.15, -0.1) is 0 Å². The van der Waals surface area contributed by atoms with Gasteiger partial charge < -0.3 is 5.32 Å². The molecule has 1 N–H and O–H groups in total. The number of benzene rings is 1. The Labute approximate surface area is 101 Å². The Morgan fingerprint density at radius 3 is 2.27 bits per heavy atom. The van der Waals surface area contributed by atoms with Gasteiger partial charge in [-0.2, -0.15) is 0 Å². The maximum absolute atomic E-state index is 6.16. The van der Waals surface area contributed by atoms with Crippen LogP contribution in [0, 0.1) is 13.8 Å². The highest BCUT2D eigenvalue weighted by Crippen LogP contribution is 2.36. The molecule has 0 spiro atoms. The SMILES string of the molecule is Cc1c(Cl)cc(Cl)c(C)c1C1CCCN1. The molecule has 1 nitrogen and oxygen atoms in total. The number of nitrogens with one attached hydrogen (secondary N) is 1. The maximum atomic E-state index is 6.16. The van der Waals surface area contributed by atoms with Gasteiger partial charge in [0.15, 0.2) is 0 Å². The third-order valence-corrected chi connectivity index (χ3v) is 3.97. The minimum atomic E-state index is 0.432. The van der Waals surface area contributed by atoms with E-state index in [0.29, 0.717) is 6.04 Å². The zero-order valence-corrected chi connectivity index (χ0v) is 10.5. The van der Waals surface area contributed by atoms with Crippen LogP contribution in [0.5, 0.6) is 0 Å². The van der Waals surface area contributed by atoms with Crippen LogP contribution in [0.4, 0.5) is 0 Å². The minimum Gasteiger partial charge on any atom is -0.310 e. The summed E-state index contributed by atoms with van der Waals surface area (Å²) < 4.78 is 0. The normalized spacial score (nSPS) is 20.9. The summed E-state index contributed by atoms with van der Waals surface area (Å²) in [6, 6.07) is 2.27. The number of halogens is 2. The molecule has 1 saturated heterocycles. The Bertz CT molecular complexity index is 355. The van der Waals surface area contributed by atoms with Crippen LogP contribution >= 0.6 is 23.2 Å². The second kappa shape index (κ2) is 4.32. The average molecular weight is 244 g/mol. The average Bonchev–Trinajstić information content (AvgIpc) is 2.69. The lowest BCUT2D eigenvalue weighted by Crippen LogP contribution is -2.15. The Morgan fingerprint density at radius 2 is 1.80 bits per heavy atom. The molecule has 0 radical (unpaired) electrons. The second-order valence-electron chi connectivity index (χ2n) is 4.15. The molecule has 1 aromatic carbocycles. The van der Waals surface area contributed by atoms with E-state index in [1.165, 1.54) is 18.4 Å². The van der Waals surface area contributed by atoms with Gasteiger partial charge in [-0.05, 0) is 56.0 Å². The van der Waals surface area contributed by atoms with Crippen LogP contribution in [0.2, 0.25) is 10.0 Å². The van der Waals surface area contributed by atoms with E-state index in [4.69, 9.17) is 23.2 Å². The van der Waals surface area contributed by atoms with Gasteiger partial charge in [-0.1, -0.05) is 23.2 Å². The molecular weight excluding hydrogens is 229 g/mol. The van der Waals surface area contributed by atoms with E-state index >= 15 is 0 Å². The fourth-order valence-electron chi connectivity index (χ4n) is 2.32. The predicted octanol–water partition coefficient (Wildman–Crippen LogP) is 4.03. The molecule has 3 heteroatoms. The van der Waals surface area contributed by atoms with Gasteiger partial charge in [-0.3, -0.25) is 0 Å². The summed E-state index contributed by atoms with van der Waals surface area (Å²) in [5.74, 6) is 0. The molecule has 1 heterocycles. The number of hydrogen-bond acceptors (Lipinski definition) is 1. The van der Waals surface area contributed by atoms with E-state index in [-0.39, 0.29) is 0 Å². The monoisotopic (exact) mass is 243 g/mol. The first-order valence-corrected chi connectivity index (χ1v) is 6.05.